The number of hydrogen-bond donors (Lipinski definition) is 1. The summed E-state index contributed by atoms with van der Waals surface area (Å²) in [5, 5.41) is 9.24. The number of rotatable bonds is 4. The van der Waals surface area contributed by atoms with Crippen LogP contribution in [0.15, 0.2) is 49.1 Å². The number of hydrogen-bond acceptors (Lipinski definition) is 1. The maximum Gasteiger partial charge on any atom is 0.164 e. The van der Waals surface area contributed by atoms with Crippen molar-refractivity contribution in [2.45, 2.75) is 37.8 Å². The molecule has 0 bridgehead atoms. The Labute approximate surface area is 126 Å². The van der Waals surface area contributed by atoms with Gasteiger partial charge in [-0.3, -0.25) is 0 Å². The van der Waals surface area contributed by atoms with Crippen molar-refractivity contribution < 1.29 is 13.9 Å². The first-order valence-corrected chi connectivity index (χ1v) is 7.53. The quantitative estimate of drug-likeness (QED) is 0.745. The summed E-state index contributed by atoms with van der Waals surface area (Å²) >= 11 is 0. The lowest BCUT2D eigenvalue weighted by atomic mass is 9.74. The molecule has 118 valence electrons. The molecule has 2 rings (SSSR count). The average Bonchev–Trinajstić information content (AvgIpc) is 2.57. The fraction of sp³-hybridized carbons (Fsp3) is 0.556. The van der Waals surface area contributed by atoms with Crippen LogP contribution in [0.5, 0.6) is 0 Å². The van der Waals surface area contributed by atoms with Gasteiger partial charge in [0.05, 0.1) is 0 Å². The van der Waals surface area contributed by atoms with E-state index in [1.165, 1.54) is 0 Å². The highest BCUT2D eigenvalue weighted by Crippen LogP contribution is 2.42. The molecule has 0 amide bonds. The molecule has 1 nitrogen and oxygen atoms in total. The molecule has 0 aliphatic heterocycles. The predicted octanol–water partition coefficient (Wildman–Crippen LogP) is 4.71. The highest BCUT2D eigenvalue weighted by Gasteiger charge is 2.40. The maximum atomic E-state index is 14.7. The molecule has 0 aromatic carbocycles. The summed E-state index contributed by atoms with van der Waals surface area (Å²) in [6, 6.07) is 0. The summed E-state index contributed by atoms with van der Waals surface area (Å²) < 4.78 is 27.8. The Kier molecular flexibility index (Phi) is 7.03. The second kappa shape index (κ2) is 8.28. The Morgan fingerprint density at radius 2 is 2.10 bits per heavy atom. The summed E-state index contributed by atoms with van der Waals surface area (Å²) in [6.45, 7) is 8.82. The molecule has 21 heavy (non-hydrogen) atoms. The highest BCUT2D eigenvalue weighted by atomic mass is 19.2. The summed E-state index contributed by atoms with van der Waals surface area (Å²) in [6.07, 6.45) is 8.95. The minimum absolute atomic E-state index is 0.00836. The van der Waals surface area contributed by atoms with E-state index in [4.69, 9.17) is 0 Å². The topological polar surface area (TPSA) is 20.2 Å². The highest BCUT2D eigenvalue weighted by molar-refractivity contribution is 5.41. The SMILES string of the molecule is C=C.C=CC1CC=C(C2=CC(CO)CCC2(F)CF)CC1. The summed E-state index contributed by atoms with van der Waals surface area (Å²) in [5.74, 6) is 0.407. The van der Waals surface area contributed by atoms with Crippen LogP contribution in [0.1, 0.15) is 32.1 Å². The van der Waals surface area contributed by atoms with Crippen LogP contribution in [0.3, 0.4) is 0 Å². The van der Waals surface area contributed by atoms with E-state index in [0.29, 0.717) is 17.9 Å². The molecular formula is C18H26F2O. The molecule has 3 unspecified atom stereocenters. The van der Waals surface area contributed by atoms with E-state index in [9.17, 15) is 13.9 Å². The van der Waals surface area contributed by atoms with Gasteiger partial charge in [-0.25, -0.2) is 8.78 Å². The third kappa shape index (κ3) is 4.13. The number of aliphatic hydroxyl groups is 1. The van der Waals surface area contributed by atoms with Gasteiger partial charge in [-0.1, -0.05) is 18.2 Å². The van der Waals surface area contributed by atoms with Gasteiger partial charge in [-0.2, -0.15) is 0 Å². The molecule has 0 saturated heterocycles. The largest absolute Gasteiger partial charge is 0.396 e. The number of aliphatic hydroxyl groups excluding tert-OH is 1. The molecule has 0 aromatic heterocycles. The molecule has 0 spiro atoms. The van der Waals surface area contributed by atoms with Crippen molar-refractivity contribution in [1.29, 1.82) is 0 Å². The van der Waals surface area contributed by atoms with Gasteiger partial charge in [0.25, 0.3) is 0 Å². The molecule has 2 aliphatic carbocycles. The summed E-state index contributed by atoms with van der Waals surface area (Å²) in [5.41, 5.74) is -0.433. The lowest BCUT2D eigenvalue weighted by Gasteiger charge is -2.35. The Morgan fingerprint density at radius 3 is 2.57 bits per heavy atom. The Hall–Kier alpha value is -1.22. The number of halogens is 2. The van der Waals surface area contributed by atoms with Gasteiger partial charge in [0.15, 0.2) is 5.67 Å². The van der Waals surface area contributed by atoms with Crippen molar-refractivity contribution in [2.75, 3.05) is 13.3 Å². The average molecular weight is 296 g/mol. The third-order valence-electron chi connectivity index (χ3n) is 4.37. The summed E-state index contributed by atoms with van der Waals surface area (Å²) in [7, 11) is 0. The van der Waals surface area contributed by atoms with Crippen LogP contribution >= 0.6 is 0 Å². The fourth-order valence-corrected chi connectivity index (χ4v) is 3.01. The van der Waals surface area contributed by atoms with Gasteiger partial charge >= 0.3 is 0 Å². The van der Waals surface area contributed by atoms with E-state index in [0.717, 1.165) is 24.8 Å². The molecule has 0 aromatic rings. The first-order valence-electron chi connectivity index (χ1n) is 7.53. The van der Waals surface area contributed by atoms with Crippen LogP contribution < -0.4 is 0 Å². The predicted molar refractivity (Wildman–Crippen MR) is 84.6 cm³/mol. The first kappa shape index (κ1) is 17.8. The van der Waals surface area contributed by atoms with Crippen LogP contribution in [-0.4, -0.2) is 24.1 Å². The summed E-state index contributed by atoms with van der Waals surface area (Å²) in [4.78, 5) is 0. The first-order chi connectivity index (χ1) is 10.1. The standard InChI is InChI=1S/C16H22F2O.C2H4/c1-2-12-3-5-14(6-4-12)15-9-13(10-19)7-8-16(15,18)11-17;1-2/h2,5,9,12-13,19H,1,3-4,6-8,10-11H2;1-2H2. The van der Waals surface area contributed by atoms with E-state index in [1.54, 1.807) is 6.08 Å². The van der Waals surface area contributed by atoms with Gasteiger partial charge < -0.3 is 5.11 Å². The van der Waals surface area contributed by atoms with Crippen molar-refractivity contribution in [1.82, 2.24) is 0 Å². The van der Waals surface area contributed by atoms with E-state index < -0.39 is 12.3 Å². The van der Waals surface area contributed by atoms with Crippen molar-refractivity contribution in [2.24, 2.45) is 11.8 Å². The van der Waals surface area contributed by atoms with Crippen LogP contribution in [0.4, 0.5) is 8.78 Å². The minimum atomic E-state index is -1.85. The van der Waals surface area contributed by atoms with Crippen molar-refractivity contribution in [3.05, 3.63) is 49.1 Å². The second-order valence-corrected chi connectivity index (χ2v) is 5.66. The zero-order valence-electron chi connectivity index (χ0n) is 12.7. The molecule has 1 N–H and O–H groups in total. The maximum absolute atomic E-state index is 14.7. The van der Waals surface area contributed by atoms with Gasteiger partial charge in [-0.15, -0.1) is 19.7 Å². The van der Waals surface area contributed by atoms with Crippen LogP contribution in [0, 0.1) is 11.8 Å². The monoisotopic (exact) mass is 296 g/mol. The number of allylic oxidation sites excluding steroid dienone is 4. The molecule has 3 atom stereocenters. The molecule has 0 radical (unpaired) electrons. The molecule has 3 heteroatoms. The molecule has 0 saturated carbocycles. The lowest BCUT2D eigenvalue weighted by Crippen LogP contribution is -2.35. The molecular weight excluding hydrogens is 270 g/mol. The van der Waals surface area contributed by atoms with Crippen LogP contribution in [0.2, 0.25) is 0 Å². The zero-order valence-corrected chi connectivity index (χ0v) is 12.7. The van der Waals surface area contributed by atoms with Crippen molar-refractivity contribution >= 4 is 0 Å². The van der Waals surface area contributed by atoms with E-state index in [1.807, 2.05) is 12.2 Å². The number of alkyl halides is 2. The van der Waals surface area contributed by atoms with Crippen LogP contribution in [-0.2, 0) is 0 Å². The van der Waals surface area contributed by atoms with E-state index in [2.05, 4.69) is 19.7 Å². The van der Waals surface area contributed by atoms with E-state index in [-0.39, 0.29) is 18.9 Å². The molecule has 0 fully saturated rings. The van der Waals surface area contributed by atoms with Gasteiger partial charge in [-0.05, 0) is 49.2 Å². The smallest absolute Gasteiger partial charge is 0.164 e. The normalized spacial score (nSPS) is 32.3. The van der Waals surface area contributed by atoms with Crippen molar-refractivity contribution in [3.63, 3.8) is 0 Å². The zero-order chi connectivity index (χ0) is 15.9. The fourth-order valence-electron chi connectivity index (χ4n) is 3.01. The second-order valence-electron chi connectivity index (χ2n) is 5.66. The Morgan fingerprint density at radius 1 is 1.38 bits per heavy atom. The van der Waals surface area contributed by atoms with Gasteiger partial charge in [0.1, 0.15) is 6.67 Å². The third-order valence-corrected chi connectivity index (χ3v) is 4.37. The molecule has 2 aliphatic rings. The Bertz CT molecular complexity index is 413. The Balaban J connectivity index is 0.00000106. The van der Waals surface area contributed by atoms with E-state index >= 15 is 0 Å². The van der Waals surface area contributed by atoms with Gasteiger partial charge in [0.2, 0.25) is 0 Å². The minimum Gasteiger partial charge on any atom is -0.396 e. The van der Waals surface area contributed by atoms with Gasteiger partial charge in [0, 0.05) is 12.5 Å². The molecule has 0 heterocycles. The van der Waals surface area contributed by atoms with Crippen LogP contribution in [0.25, 0.3) is 0 Å². The van der Waals surface area contributed by atoms with Crippen molar-refractivity contribution in [3.8, 4) is 0 Å². The lowest BCUT2D eigenvalue weighted by molar-refractivity contribution is 0.121.